The maximum absolute atomic E-state index is 11.4. The van der Waals surface area contributed by atoms with Gasteiger partial charge in [0.05, 0.1) is 13.2 Å². The van der Waals surface area contributed by atoms with Gasteiger partial charge in [0.15, 0.2) is 12.2 Å². The predicted octanol–water partition coefficient (Wildman–Crippen LogP) is 2.88. The Morgan fingerprint density at radius 1 is 0.679 bits per heavy atom. The number of fused-ring (bicyclic) bond motifs is 2. The van der Waals surface area contributed by atoms with Crippen molar-refractivity contribution >= 4 is 33.5 Å². The van der Waals surface area contributed by atoms with Crippen molar-refractivity contribution in [2.75, 3.05) is 13.2 Å². The third-order valence-corrected chi connectivity index (χ3v) is 5.29. The topological polar surface area (TPSA) is 71.1 Å². The molecule has 0 spiro atoms. The Morgan fingerprint density at radius 2 is 1.04 bits per heavy atom. The Kier molecular flexibility index (Phi) is 4.22. The van der Waals surface area contributed by atoms with Crippen LogP contribution in [0, 0.1) is 0 Å². The van der Waals surface area contributed by atoms with E-state index in [1.54, 1.807) is 0 Å². The van der Waals surface area contributed by atoms with Gasteiger partial charge in [0.1, 0.15) is 13.2 Å². The first-order chi connectivity index (χ1) is 13.7. The number of carbonyl (C=O) groups excluding carboxylic acids is 2. The summed E-state index contributed by atoms with van der Waals surface area (Å²) >= 11 is 0. The van der Waals surface area contributed by atoms with E-state index in [1.165, 1.54) is 0 Å². The molecule has 142 valence electrons. The van der Waals surface area contributed by atoms with E-state index in [-0.39, 0.29) is 11.9 Å². The van der Waals surface area contributed by atoms with Gasteiger partial charge in [0, 0.05) is 0 Å². The van der Waals surface area contributed by atoms with E-state index in [0.29, 0.717) is 26.4 Å². The Labute approximate surface area is 160 Å². The molecular weight excluding hydrogens is 360 g/mol. The minimum absolute atomic E-state index is 0.304. The summed E-state index contributed by atoms with van der Waals surface area (Å²) in [5, 5.41) is 4.18. The second-order valence-electron chi connectivity index (χ2n) is 6.91. The predicted molar refractivity (Wildman–Crippen MR) is 101 cm³/mol. The lowest BCUT2D eigenvalue weighted by Crippen LogP contribution is -2.42. The first-order valence-electron chi connectivity index (χ1n) is 9.20. The van der Waals surface area contributed by atoms with Crippen molar-refractivity contribution < 1.29 is 28.5 Å². The van der Waals surface area contributed by atoms with Gasteiger partial charge in [-0.05, 0) is 32.7 Å². The van der Waals surface area contributed by atoms with Gasteiger partial charge < -0.3 is 18.9 Å². The average molecular weight is 378 g/mol. The summed E-state index contributed by atoms with van der Waals surface area (Å²) in [7, 11) is 0. The fraction of sp³-hybridized carbons (Fsp3) is 0.273. The summed E-state index contributed by atoms with van der Waals surface area (Å²) in [6, 6.07) is 16.1. The fourth-order valence-corrected chi connectivity index (χ4v) is 3.66. The first-order valence-corrected chi connectivity index (χ1v) is 9.20. The van der Waals surface area contributed by atoms with Crippen molar-refractivity contribution in [1.82, 2.24) is 0 Å². The molecule has 0 saturated carbocycles. The molecule has 0 aliphatic carbocycles. The summed E-state index contributed by atoms with van der Waals surface area (Å²) < 4.78 is 21.2. The summed E-state index contributed by atoms with van der Waals surface area (Å²) in [4.78, 5) is 22.9. The molecule has 6 heteroatoms. The van der Waals surface area contributed by atoms with Crippen molar-refractivity contribution in [3.8, 4) is 0 Å². The van der Waals surface area contributed by atoms with Gasteiger partial charge in [-0.2, -0.15) is 0 Å². The molecule has 5 rings (SSSR count). The maximum Gasteiger partial charge on any atom is 0.338 e. The van der Waals surface area contributed by atoms with Crippen LogP contribution in [0.5, 0.6) is 0 Å². The van der Waals surface area contributed by atoms with E-state index in [1.807, 2.05) is 48.5 Å². The monoisotopic (exact) mass is 378 g/mol. The standard InChI is InChI=1S/C22H18O6/c23-21-19(11-27-21)25-9-17-13-5-1-2-6-14(13)18(10-26-20-12-28-22(20)24)16-8-4-3-7-15(16)17/h1-8,19-20H,9-12H2. The van der Waals surface area contributed by atoms with E-state index in [4.69, 9.17) is 18.9 Å². The normalized spacial score (nSPS) is 21.1. The lowest BCUT2D eigenvalue weighted by molar-refractivity contribution is -0.188. The SMILES string of the molecule is O=C1OCC1OCc1c2ccccc2c(COC2COC2=O)c2ccccc12. The molecule has 2 aliphatic heterocycles. The van der Waals surface area contributed by atoms with E-state index >= 15 is 0 Å². The van der Waals surface area contributed by atoms with Gasteiger partial charge in [0.25, 0.3) is 0 Å². The van der Waals surface area contributed by atoms with Crippen LogP contribution in [0.2, 0.25) is 0 Å². The van der Waals surface area contributed by atoms with Crippen molar-refractivity contribution in [3.63, 3.8) is 0 Å². The molecule has 0 N–H and O–H groups in total. The summed E-state index contributed by atoms with van der Waals surface area (Å²) in [5.41, 5.74) is 2.05. The molecule has 2 saturated heterocycles. The van der Waals surface area contributed by atoms with Crippen molar-refractivity contribution in [3.05, 3.63) is 59.7 Å². The highest BCUT2D eigenvalue weighted by molar-refractivity contribution is 6.05. The van der Waals surface area contributed by atoms with Crippen LogP contribution in [-0.4, -0.2) is 37.4 Å². The van der Waals surface area contributed by atoms with Gasteiger partial charge >= 0.3 is 11.9 Å². The van der Waals surface area contributed by atoms with Crippen LogP contribution in [0.3, 0.4) is 0 Å². The molecule has 2 aliphatic rings. The van der Waals surface area contributed by atoms with E-state index < -0.39 is 12.2 Å². The van der Waals surface area contributed by atoms with E-state index in [0.717, 1.165) is 32.7 Å². The van der Waals surface area contributed by atoms with Crippen molar-refractivity contribution in [2.24, 2.45) is 0 Å². The lowest BCUT2D eigenvalue weighted by atomic mass is 9.92. The van der Waals surface area contributed by atoms with Crippen LogP contribution in [0.15, 0.2) is 48.5 Å². The molecule has 0 amide bonds. The minimum Gasteiger partial charge on any atom is -0.460 e. The summed E-state index contributed by atoms with van der Waals surface area (Å²) in [5.74, 6) is -0.628. The molecular formula is C22H18O6. The van der Waals surface area contributed by atoms with Gasteiger partial charge in [0.2, 0.25) is 0 Å². The zero-order valence-corrected chi connectivity index (χ0v) is 15.1. The molecule has 0 radical (unpaired) electrons. The van der Waals surface area contributed by atoms with Gasteiger partial charge in [-0.25, -0.2) is 9.59 Å². The van der Waals surface area contributed by atoms with E-state index in [9.17, 15) is 9.59 Å². The highest BCUT2D eigenvalue weighted by atomic mass is 16.6. The average Bonchev–Trinajstić information content (AvgIpc) is 2.72. The zero-order chi connectivity index (χ0) is 19.1. The van der Waals surface area contributed by atoms with Crippen LogP contribution in [-0.2, 0) is 41.8 Å². The van der Waals surface area contributed by atoms with E-state index in [2.05, 4.69) is 0 Å². The van der Waals surface area contributed by atoms with Crippen LogP contribution >= 0.6 is 0 Å². The number of ether oxygens (including phenoxy) is 4. The molecule has 0 aromatic heterocycles. The largest absolute Gasteiger partial charge is 0.460 e. The molecule has 2 unspecified atom stereocenters. The number of cyclic esters (lactones) is 2. The van der Waals surface area contributed by atoms with Crippen LogP contribution in [0.1, 0.15) is 11.1 Å². The highest BCUT2D eigenvalue weighted by Crippen LogP contribution is 2.34. The Morgan fingerprint density at radius 3 is 1.29 bits per heavy atom. The van der Waals surface area contributed by atoms with Crippen molar-refractivity contribution in [2.45, 2.75) is 25.4 Å². The molecule has 6 nitrogen and oxygen atoms in total. The van der Waals surface area contributed by atoms with Gasteiger partial charge in [-0.3, -0.25) is 0 Å². The number of benzene rings is 3. The molecule has 2 fully saturated rings. The molecule has 2 heterocycles. The smallest absolute Gasteiger partial charge is 0.338 e. The zero-order valence-electron chi connectivity index (χ0n) is 15.1. The Bertz CT molecular complexity index is 946. The molecule has 3 aromatic rings. The maximum atomic E-state index is 11.4. The number of carbonyl (C=O) groups is 2. The van der Waals surface area contributed by atoms with Crippen LogP contribution in [0.25, 0.3) is 21.5 Å². The fourth-order valence-electron chi connectivity index (χ4n) is 3.66. The second kappa shape index (κ2) is 6.89. The van der Waals surface area contributed by atoms with Gasteiger partial charge in [-0.1, -0.05) is 48.5 Å². The summed E-state index contributed by atoms with van der Waals surface area (Å²) in [6.07, 6.45) is -0.990. The number of rotatable bonds is 6. The number of hydrogen-bond acceptors (Lipinski definition) is 6. The van der Waals surface area contributed by atoms with Crippen molar-refractivity contribution in [1.29, 1.82) is 0 Å². The van der Waals surface area contributed by atoms with Gasteiger partial charge in [-0.15, -0.1) is 0 Å². The number of esters is 2. The highest BCUT2D eigenvalue weighted by Gasteiger charge is 2.33. The second-order valence-corrected chi connectivity index (χ2v) is 6.91. The Hall–Kier alpha value is -2.96. The minimum atomic E-state index is -0.495. The third-order valence-electron chi connectivity index (χ3n) is 5.29. The lowest BCUT2D eigenvalue weighted by Gasteiger charge is -2.26. The number of hydrogen-bond donors (Lipinski definition) is 0. The molecule has 28 heavy (non-hydrogen) atoms. The van der Waals surface area contributed by atoms with Crippen LogP contribution in [0.4, 0.5) is 0 Å². The first kappa shape index (κ1) is 17.2. The molecule has 2 atom stereocenters. The molecule has 0 bridgehead atoms. The van der Waals surface area contributed by atoms with Crippen LogP contribution < -0.4 is 0 Å². The molecule has 3 aromatic carbocycles. The third kappa shape index (κ3) is 2.82. The quantitative estimate of drug-likeness (QED) is 0.485. The Balaban J connectivity index is 1.58. The summed E-state index contributed by atoms with van der Waals surface area (Å²) in [6.45, 7) is 1.24.